The average molecular weight is 306 g/mol. The van der Waals surface area contributed by atoms with Crippen molar-refractivity contribution in [1.82, 2.24) is 15.0 Å². The van der Waals surface area contributed by atoms with Gasteiger partial charge >= 0.3 is 0 Å². The van der Waals surface area contributed by atoms with Crippen molar-refractivity contribution < 1.29 is 8.81 Å². The molecule has 0 aliphatic rings. The summed E-state index contributed by atoms with van der Waals surface area (Å²) in [6, 6.07) is 15.3. The van der Waals surface area contributed by atoms with Crippen molar-refractivity contribution in [3.8, 4) is 22.8 Å². The third kappa shape index (κ3) is 2.40. The van der Waals surface area contributed by atoms with Crippen LogP contribution in [0.5, 0.6) is 0 Å². The van der Waals surface area contributed by atoms with Crippen molar-refractivity contribution >= 4 is 17.0 Å². The predicted octanol–water partition coefficient (Wildman–Crippen LogP) is 3.67. The van der Waals surface area contributed by atoms with Gasteiger partial charge in [-0.15, -0.1) is 0 Å². The summed E-state index contributed by atoms with van der Waals surface area (Å²) in [5.41, 5.74) is 8.16. The summed E-state index contributed by atoms with van der Waals surface area (Å²) < 4.78 is 18.7. The summed E-state index contributed by atoms with van der Waals surface area (Å²) in [5.74, 6) is 0.692. The number of halogens is 1. The summed E-state index contributed by atoms with van der Waals surface area (Å²) in [6.45, 7) is 0. The summed E-state index contributed by atoms with van der Waals surface area (Å²) in [7, 11) is 0. The van der Waals surface area contributed by atoms with Gasteiger partial charge in [-0.3, -0.25) is 0 Å². The van der Waals surface area contributed by atoms with E-state index >= 15 is 0 Å². The van der Waals surface area contributed by atoms with E-state index in [1.165, 1.54) is 12.1 Å². The lowest BCUT2D eigenvalue weighted by Crippen LogP contribution is -1.97. The van der Waals surface area contributed by atoms with Crippen LogP contribution >= 0.6 is 0 Å². The number of oxazole rings is 1. The molecule has 4 aromatic rings. The quantitative estimate of drug-likeness (QED) is 0.611. The maximum atomic E-state index is 13.0. The molecule has 2 heterocycles. The summed E-state index contributed by atoms with van der Waals surface area (Å²) in [5, 5.41) is 0. The summed E-state index contributed by atoms with van der Waals surface area (Å²) in [6.07, 6.45) is 0. The van der Waals surface area contributed by atoms with E-state index in [9.17, 15) is 4.39 Å². The number of aromatic nitrogens is 3. The number of rotatable bonds is 2. The average Bonchev–Trinajstić information content (AvgIpc) is 3.01. The van der Waals surface area contributed by atoms with Crippen LogP contribution in [0.2, 0.25) is 0 Å². The van der Waals surface area contributed by atoms with Gasteiger partial charge in [0.2, 0.25) is 5.89 Å². The molecule has 2 N–H and O–H groups in total. The zero-order valence-electron chi connectivity index (χ0n) is 11.9. The molecule has 0 spiro atoms. The number of nitrogens with two attached hydrogens (primary N) is 1. The molecule has 6 heteroatoms. The minimum atomic E-state index is -0.325. The van der Waals surface area contributed by atoms with E-state index in [0.29, 0.717) is 28.5 Å². The molecule has 0 amide bonds. The van der Waals surface area contributed by atoms with E-state index in [1.807, 2.05) is 30.3 Å². The van der Waals surface area contributed by atoms with Crippen molar-refractivity contribution in [2.24, 2.45) is 0 Å². The van der Waals surface area contributed by atoms with Crippen LogP contribution < -0.4 is 5.73 Å². The maximum absolute atomic E-state index is 13.0. The minimum absolute atomic E-state index is 0.222. The Morgan fingerprint density at radius 1 is 0.826 bits per heavy atom. The molecule has 4 rings (SSSR count). The molecule has 0 unspecified atom stereocenters. The zero-order valence-corrected chi connectivity index (χ0v) is 11.9. The number of fused-ring (bicyclic) bond motifs is 1. The van der Waals surface area contributed by atoms with Crippen LogP contribution in [0.1, 0.15) is 0 Å². The highest BCUT2D eigenvalue weighted by molar-refractivity contribution is 5.84. The molecule has 0 aliphatic heterocycles. The van der Waals surface area contributed by atoms with E-state index < -0.39 is 0 Å². The smallest absolute Gasteiger partial charge is 0.253 e. The maximum Gasteiger partial charge on any atom is 0.253 e. The number of nitrogens with zero attached hydrogens (tertiary/aromatic N) is 3. The van der Waals surface area contributed by atoms with E-state index in [0.717, 1.165) is 5.56 Å². The molecular weight excluding hydrogens is 295 g/mol. The van der Waals surface area contributed by atoms with Gasteiger partial charge in [-0.05, 0) is 36.4 Å². The normalized spacial score (nSPS) is 11.0. The molecular formula is C17H11FN4O. The van der Waals surface area contributed by atoms with Gasteiger partial charge in [-0.2, -0.15) is 4.98 Å². The van der Waals surface area contributed by atoms with Crippen molar-refractivity contribution in [2.45, 2.75) is 0 Å². The molecule has 0 bridgehead atoms. The molecule has 0 aliphatic carbocycles. The Bertz CT molecular complexity index is 981. The fourth-order valence-electron chi connectivity index (χ4n) is 2.28. The summed E-state index contributed by atoms with van der Waals surface area (Å²) >= 11 is 0. The first-order valence-corrected chi connectivity index (χ1v) is 6.96. The second-order valence-electron chi connectivity index (χ2n) is 4.98. The van der Waals surface area contributed by atoms with Crippen molar-refractivity contribution in [1.29, 1.82) is 0 Å². The third-order valence-electron chi connectivity index (χ3n) is 3.41. The van der Waals surface area contributed by atoms with Gasteiger partial charge in [0.15, 0.2) is 17.2 Å². The molecule has 0 fully saturated rings. The Morgan fingerprint density at radius 2 is 1.57 bits per heavy atom. The second kappa shape index (κ2) is 5.17. The number of benzene rings is 2. The van der Waals surface area contributed by atoms with Gasteiger partial charge in [0, 0.05) is 11.1 Å². The third-order valence-corrected chi connectivity index (χ3v) is 3.41. The van der Waals surface area contributed by atoms with Crippen molar-refractivity contribution in [3.63, 3.8) is 0 Å². The molecule has 5 nitrogen and oxygen atoms in total. The van der Waals surface area contributed by atoms with Crippen molar-refractivity contribution in [2.75, 3.05) is 5.73 Å². The van der Waals surface area contributed by atoms with E-state index in [2.05, 4.69) is 15.0 Å². The number of hydrogen-bond acceptors (Lipinski definition) is 5. The Hall–Kier alpha value is -3.28. The first-order valence-electron chi connectivity index (χ1n) is 6.96. The first kappa shape index (κ1) is 13.4. The standard InChI is InChI=1S/C17H11FN4O/c18-12-8-6-10(7-9-12)15-21-14(19)13-17(22-15)23-16(20-13)11-4-2-1-3-5-11/h1-9H,(H2,19,21,22). The van der Waals surface area contributed by atoms with Gasteiger partial charge in [-0.1, -0.05) is 18.2 Å². The molecule has 0 radical (unpaired) electrons. The van der Waals surface area contributed by atoms with Gasteiger partial charge in [0.05, 0.1) is 0 Å². The first-order chi connectivity index (χ1) is 11.2. The van der Waals surface area contributed by atoms with Crippen LogP contribution in [0.4, 0.5) is 10.2 Å². The van der Waals surface area contributed by atoms with Gasteiger partial charge < -0.3 is 10.2 Å². The van der Waals surface area contributed by atoms with E-state index in [4.69, 9.17) is 10.2 Å². The highest BCUT2D eigenvalue weighted by atomic mass is 19.1. The number of nitrogen functional groups attached to an aromatic ring is 1. The largest absolute Gasteiger partial charge is 0.417 e. The van der Waals surface area contributed by atoms with Crippen LogP contribution in [0.3, 0.4) is 0 Å². The van der Waals surface area contributed by atoms with Gasteiger partial charge in [0.25, 0.3) is 5.71 Å². The fraction of sp³-hybridized carbons (Fsp3) is 0. The number of anilines is 1. The van der Waals surface area contributed by atoms with Crippen LogP contribution in [-0.4, -0.2) is 15.0 Å². The summed E-state index contributed by atoms with van der Waals surface area (Å²) in [4.78, 5) is 12.9. The minimum Gasteiger partial charge on any atom is -0.417 e. The van der Waals surface area contributed by atoms with Crippen LogP contribution in [0.15, 0.2) is 59.0 Å². The van der Waals surface area contributed by atoms with Gasteiger partial charge in [-0.25, -0.2) is 14.4 Å². The molecule has 0 saturated carbocycles. The van der Waals surface area contributed by atoms with E-state index in [-0.39, 0.29) is 11.6 Å². The highest BCUT2D eigenvalue weighted by Crippen LogP contribution is 2.27. The SMILES string of the molecule is Nc1nc(-c2ccc(F)cc2)nc2oc(-c3ccccc3)nc12. The topological polar surface area (TPSA) is 77.8 Å². The molecule has 0 saturated heterocycles. The Morgan fingerprint density at radius 3 is 2.30 bits per heavy atom. The Balaban J connectivity index is 1.86. The number of hydrogen-bond donors (Lipinski definition) is 1. The fourth-order valence-corrected chi connectivity index (χ4v) is 2.28. The molecule has 23 heavy (non-hydrogen) atoms. The molecule has 112 valence electrons. The monoisotopic (exact) mass is 306 g/mol. The lowest BCUT2D eigenvalue weighted by atomic mass is 10.2. The Labute approximate surface area is 130 Å². The zero-order chi connectivity index (χ0) is 15.8. The van der Waals surface area contributed by atoms with Crippen LogP contribution in [0, 0.1) is 5.82 Å². The lowest BCUT2D eigenvalue weighted by molar-refractivity contribution is 0.607. The lowest BCUT2D eigenvalue weighted by Gasteiger charge is -2.00. The van der Waals surface area contributed by atoms with Gasteiger partial charge in [0.1, 0.15) is 5.82 Å². The Kier molecular flexibility index (Phi) is 3.01. The van der Waals surface area contributed by atoms with Crippen LogP contribution in [0.25, 0.3) is 34.1 Å². The van der Waals surface area contributed by atoms with E-state index in [1.54, 1.807) is 12.1 Å². The molecule has 0 atom stereocenters. The second-order valence-corrected chi connectivity index (χ2v) is 4.98. The molecule has 2 aromatic heterocycles. The van der Waals surface area contributed by atoms with Crippen LogP contribution in [-0.2, 0) is 0 Å². The predicted molar refractivity (Wildman–Crippen MR) is 84.8 cm³/mol. The van der Waals surface area contributed by atoms with Crippen molar-refractivity contribution in [3.05, 3.63) is 60.4 Å². The highest BCUT2D eigenvalue weighted by Gasteiger charge is 2.15. The molecule has 2 aromatic carbocycles.